The molecule has 17 heavy (non-hydrogen) atoms. The molecule has 0 amide bonds. The number of rotatable bonds is 9. The summed E-state index contributed by atoms with van der Waals surface area (Å²) in [5, 5.41) is 0. The lowest BCUT2D eigenvalue weighted by Crippen LogP contribution is -2.26. The number of esters is 1. The van der Waals surface area contributed by atoms with Crippen LogP contribution < -0.4 is 0 Å². The molecule has 4 heteroatoms. The van der Waals surface area contributed by atoms with Crippen LogP contribution in [0.3, 0.4) is 0 Å². The molecule has 0 saturated carbocycles. The minimum atomic E-state index is -0.158. The lowest BCUT2D eigenvalue weighted by Gasteiger charge is -2.19. The summed E-state index contributed by atoms with van der Waals surface area (Å²) in [5.41, 5.74) is 0. The normalized spacial score (nSPS) is 14.7. The quantitative estimate of drug-likeness (QED) is 0.586. The number of hydrogen-bond acceptors (Lipinski definition) is 4. The van der Waals surface area contributed by atoms with Crippen molar-refractivity contribution in [1.82, 2.24) is 0 Å². The van der Waals surface area contributed by atoms with Crippen molar-refractivity contribution in [2.75, 3.05) is 13.2 Å². The highest BCUT2D eigenvalue weighted by molar-refractivity contribution is 5.69. The van der Waals surface area contributed by atoms with Crippen LogP contribution in [0.5, 0.6) is 0 Å². The van der Waals surface area contributed by atoms with Crippen molar-refractivity contribution in [2.45, 2.75) is 65.8 Å². The summed E-state index contributed by atoms with van der Waals surface area (Å²) in [6.07, 6.45) is 1.46. The number of hydrogen-bond donors (Lipinski definition) is 0. The molecule has 0 saturated heterocycles. The fraction of sp³-hybridized carbons (Fsp3) is 0.923. The highest BCUT2D eigenvalue weighted by Gasteiger charge is 2.10. The second-order valence-corrected chi connectivity index (χ2v) is 4.57. The van der Waals surface area contributed by atoms with Crippen molar-refractivity contribution in [2.24, 2.45) is 0 Å². The Kier molecular flexibility index (Phi) is 9.09. The van der Waals surface area contributed by atoms with Crippen molar-refractivity contribution in [3.63, 3.8) is 0 Å². The molecule has 0 radical (unpaired) electrons. The van der Waals surface area contributed by atoms with E-state index in [0.29, 0.717) is 19.6 Å². The van der Waals surface area contributed by atoms with E-state index in [4.69, 9.17) is 14.2 Å². The van der Waals surface area contributed by atoms with E-state index in [0.717, 1.165) is 6.42 Å². The van der Waals surface area contributed by atoms with E-state index >= 15 is 0 Å². The zero-order valence-electron chi connectivity index (χ0n) is 11.7. The Morgan fingerprint density at radius 2 is 1.71 bits per heavy atom. The first kappa shape index (κ1) is 16.4. The molecule has 0 aromatic carbocycles. The van der Waals surface area contributed by atoms with Crippen LogP contribution in [-0.4, -0.2) is 37.5 Å². The average Bonchev–Trinajstić information content (AvgIpc) is 2.23. The molecule has 4 nitrogen and oxygen atoms in total. The molecular weight excluding hydrogens is 220 g/mol. The van der Waals surface area contributed by atoms with Gasteiger partial charge in [0.1, 0.15) is 6.61 Å². The first-order valence-corrected chi connectivity index (χ1v) is 6.38. The second kappa shape index (κ2) is 9.42. The summed E-state index contributed by atoms with van der Waals surface area (Å²) in [6, 6.07) is 0. The van der Waals surface area contributed by atoms with Crippen LogP contribution in [0.1, 0.15) is 47.5 Å². The molecule has 0 rings (SSSR count). The van der Waals surface area contributed by atoms with Crippen LogP contribution in [0, 0.1) is 0 Å². The van der Waals surface area contributed by atoms with Gasteiger partial charge in [-0.25, -0.2) is 0 Å². The van der Waals surface area contributed by atoms with Gasteiger partial charge in [-0.1, -0.05) is 6.92 Å². The SMILES string of the molecule is CCCC(=O)OCC(C)OCC(C)OC(C)C. The molecule has 0 fully saturated rings. The monoisotopic (exact) mass is 246 g/mol. The minimum absolute atomic E-state index is 0.0591. The van der Waals surface area contributed by atoms with Gasteiger partial charge in [-0.15, -0.1) is 0 Å². The minimum Gasteiger partial charge on any atom is -0.463 e. The molecule has 0 aliphatic carbocycles. The smallest absolute Gasteiger partial charge is 0.305 e. The largest absolute Gasteiger partial charge is 0.463 e. The Hall–Kier alpha value is -0.610. The first-order valence-electron chi connectivity index (χ1n) is 6.38. The van der Waals surface area contributed by atoms with Gasteiger partial charge in [0.2, 0.25) is 0 Å². The predicted octanol–water partition coefficient (Wildman–Crippen LogP) is 2.55. The van der Waals surface area contributed by atoms with Crippen LogP contribution in [0.4, 0.5) is 0 Å². The van der Waals surface area contributed by atoms with Gasteiger partial charge in [0.05, 0.1) is 24.9 Å². The summed E-state index contributed by atoms with van der Waals surface area (Å²) in [5.74, 6) is -0.158. The predicted molar refractivity (Wildman–Crippen MR) is 67.0 cm³/mol. The Labute approximate surface area is 105 Å². The second-order valence-electron chi connectivity index (χ2n) is 4.57. The van der Waals surface area contributed by atoms with Gasteiger partial charge in [-0.2, -0.15) is 0 Å². The van der Waals surface area contributed by atoms with E-state index < -0.39 is 0 Å². The third-order valence-electron chi connectivity index (χ3n) is 2.05. The standard InChI is InChI=1S/C13H26O4/c1-6-7-13(14)16-8-11(4)15-9-12(5)17-10(2)3/h10-12H,6-9H2,1-5H3. The molecule has 102 valence electrons. The van der Waals surface area contributed by atoms with E-state index in [1.165, 1.54) is 0 Å². The van der Waals surface area contributed by atoms with Crippen molar-refractivity contribution in [1.29, 1.82) is 0 Å². The Bertz CT molecular complexity index is 204. The fourth-order valence-corrected chi connectivity index (χ4v) is 1.34. The molecule has 0 aliphatic rings. The van der Waals surface area contributed by atoms with Crippen molar-refractivity contribution >= 4 is 5.97 Å². The zero-order valence-corrected chi connectivity index (χ0v) is 11.7. The Balaban J connectivity index is 3.58. The molecule has 0 aromatic heterocycles. The molecule has 2 unspecified atom stereocenters. The first-order chi connectivity index (χ1) is 7.95. The van der Waals surface area contributed by atoms with Crippen LogP contribution in [0.2, 0.25) is 0 Å². The van der Waals surface area contributed by atoms with Crippen molar-refractivity contribution in [3.05, 3.63) is 0 Å². The third-order valence-corrected chi connectivity index (χ3v) is 2.05. The summed E-state index contributed by atoms with van der Waals surface area (Å²) in [4.78, 5) is 11.1. The van der Waals surface area contributed by atoms with Crippen LogP contribution in [-0.2, 0) is 19.0 Å². The van der Waals surface area contributed by atoms with Crippen LogP contribution >= 0.6 is 0 Å². The van der Waals surface area contributed by atoms with E-state index in [1.807, 2.05) is 34.6 Å². The third kappa shape index (κ3) is 10.3. The molecule has 0 N–H and O–H groups in total. The van der Waals surface area contributed by atoms with E-state index in [-0.39, 0.29) is 24.3 Å². The van der Waals surface area contributed by atoms with Crippen molar-refractivity contribution < 1.29 is 19.0 Å². The maximum absolute atomic E-state index is 11.1. The van der Waals surface area contributed by atoms with Gasteiger partial charge in [0, 0.05) is 6.42 Å². The van der Waals surface area contributed by atoms with Gasteiger partial charge in [0.25, 0.3) is 0 Å². The Morgan fingerprint density at radius 3 is 2.24 bits per heavy atom. The number of carbonyl (C=O) groups is 1. The molecule has 0 bridgehead atoms. The lowest BCUT2D eigenvalue weighted by atomic mass is 10.3. The highest BCUT2D eigenvalue weighted by Crippen LogP contribution is 2.01. The lowest BCUT2D eigenvalue weighted by molar-refractivity contribution is -0.148. The summed E-state index contributed by atoms with van der Waals surface area (Å²) in [6.45, 7) is 10.6. The summed E-state index contributed by atoms with van der Waals surface area (Å²) in [7, 11) is 0. The molecule has 2 atom stereocenters. The Morgan fingerprint density at radius 1 is 1.06 bits per heavy atom. The molecule has 0 aromatic rings. The maximum atomic E-state index is 11.1. The zero-order chi connectivity index (χ0) is 13.3. The van der Waals surface area contributed by atoms with Gasteiger partial charge in [-0.05, 0) is 34.1 Å². The number of ether oxygens (including phenoxy) is 3. The average molecular weight is 246 g/mol. The van der Waals surface area contributed by atoms with Crippen molar-refractivity contribution in [3.8, 4) is 0 Å². The van der Waals surface area contributed by atoms with Gasteiger partial charge in [-0.3, -0.25) is 4.79 Å². The molecular formula is C13H26O4. The molecule has 0 heterocycles. The van der Waals surface area contributed by atoms with E-state index in [1.54, 1.807) is 0 Å². The summed E-state index contributed by atoms with van der Waals surface area (Å²) >= 11 is 0. The highest BCUT2D eigenvalue weighted by atomic mass is 16.6. The summed E-state index contributed by atoms with van der Waals surface area (Å²) < 4.78 is 16.1. The van der Waals surface area contributed by atoms with E-state index in [2.05, 4.69) is 0 Å². The molecule has 0 spiro atoms. The van der Waals surface area contributed by atoms with Gasteiger partial charge < -0.3 is 14.2 Å². The van der Waals surface area contributed by atoms with Gasteiger partial charge in [0.15, 0.2) is 0 Å². The van der Waals surface area contributed by atoms with E-state index in [9.17, 15) is 4.79 Å². The van der Waals surface area contributed by atoms with Crippen LogP contribution in [0.15, 0.2) is 0 Å². The number of carbonyl (C=O) groups excluding carboxylic acids is 1. The maximum Gasteiger partial charge on any atom is 0.305 e. The van der Waals surface area contributed by atoms with Crippen LogP contribution in [0.25, 0.3) is 0 Å². The molecule has 0 aliphatic heterocycles. The fourth-order valence-electron chi connectivity index (χ4n) is 1.34. The van der Waals surface area contributed by atoms with Gasteiger partial charge >= 0.3 is 5.97 Å². The topological polar surface area (TPSA) is 44.8 Å².